The molecule has 0 amide bonds. The van der Waals surface area contributed by atoms with Gasteiger partial charge in [0.25, 0.3) is 0 Å². The van der Waals surface area contributed by atoms with E-state index in [9.17, 15) is 4.79 Å². The van der Waals surface area contributed by atoms with Crippen molar-refractivity contribution >= 4 is 11.7 Å². The third-order valence-electron chi connectivity index (χ3n) is 2.60. The molecule has 0 atom stereocenters. The predicted molar refractivity (Wildman–Crippen MR) is 53.2 cm³/mol. The lowest BCUT2D eigenvalue weighted by Gasteiger charge is -2.11. The highest BCUT2D eigenvalue weighted by molar-refractivity contribution is 5.97. The summed E-state index contributed by atoms with van der Waals surface area (Å²) in [5, 5.41) is 15.4. The second kappa shape index (κ2) is 2.88. The topological polar surface area (TPSA) is 88.5 Å². The van der Waals surface area contributed by atoms with Gasteiger partial charge in [-0.1, -0.05) is 5.16 Å². The second-order valence-electron chi connectivity index (χ2n) is 3.61. The summed E-state index contributed by atoms with van der Waals surface area (Å²) in [5.41, 5.74) is 2.03. The van der Waals surface area contributed by atoms with Crippen molar-refractivity contribution in [3.8, 4) is 11.3 Å². The van der Waals surface area contributed by atoms with Crippen LogP contribution in [0.3, 0.4) is 0 Å². The third kappa shape index (κ3) is 1.01. The molecule has 0 radical (unpaired) electrons. The van der Waals surface area contributed by atoms with Crippen LogP contribution in [-0.2, 0) is 6.54 Å². The number of aromatic nitrogens is 1. The molecule has 0 fully saturated rings. The summed E-state index contributed by atoms with van der Waals surface area (Å²) in [6, 6.07) is 0. The van der Waals surface area contributed by atoms with E-state index < -0.39 is 5.97 Å². The second-order valence-corrected chi connectivity index (χ2v) is 3.61. The molecule has 2 aromatic heterocycles. The van der Waals surface area contributed by atoms with Crippen LogP contribution in [0.4, 0.5) is 5.69 Å². The van der Waals surface area contributed by atoms with Crippen LogP contribution in [0, 0.1) is 6.92 Å². The van der Waals surface area contributed by atoms with Gasteiger partial charge in [-0.15, -0.1) is 0 Å². The molecule has 0 unspecified atom stereocenters. The number of hydrogen-bond donors (Lipinski definition) is 2. The lowest BCUT2D eigenvalue weighted by molar-refractivity contribution is 0.0686. The molecule has 0 saturated heterocycles. The molecule has 3 heterocycles. The van der Waals surface area contributed by atoms with Gasteiger partial charge >= 0.3 is 5.97 Å². The number of anilines is 1. The van der Waals surface area contributed by atoms with E-state index in [4.69, 9.17) is 14.0 Å². The van der Waals surface area contributed by atoms with Gasteiger partial charge < -0.3 is 19.4 Å². The van der Waals surface area contributed by atoms with E-state index in [2.05, 4.69) is 10.5 Å². The minimum Gasteiger partial charge on any atom is -0.476 e. The molecule has 0 bridgehead atoms. The number of nitrogens with zero attached hydrogens (tertiary/aromatic N) is 1. The molecular formula is C10H8N2O4. The zero-order chi connectivity index (χ0) is 11.3. The number of aryl methyl sites for hydroxylation is 1. The maximum absolute atomic E-state index is 10.9. The van der Waals surface area contributed by atoms with Gasteiger partial charge in [-0.2, -0.15) is 0 Å². The van der Waals surface area contributed by atoms with Gasteiger partial charge in [0.1, 0.15) is 11.4 Å². The van der Waals surface area contributed by atoms with E-state index in [0.29, 0.717) is 18.0 Å². The predicted octanol–water partition coefficient (Wildman–Crippen LogP) is 1.87. The highest BCUT2D eigenvalue weighted by Gasteiger charge is 2.30. The van der Waals surface area contributed by atoms with Crippen LogP contribution in [0.1, 0.15) is 21.8 Å². The number of rotatable bonds is 1. The van der Waals surface area contributed by atoms with Gasteiger partial charge in [0.2, 0.25) is 5.69 Å². The Labute approximate surface area is 89.8 Å². The fraction of sp³-hybridized carbons (Fsp3) is 0.200. The van der Waals surface area contributed by atoms with Crippen molar-refractivity contribution in [3.05, 3.63) is 23.3 Å². The Morgan fingerprint density at radius 3 is 3.19 bits per heavy atom. The molecule has 0 spiro atoms. The summed E-state index contributed by atoms with van der Waals surface area (Å²) in [4.78, 5) is 10.9. The fourth-order valence-corrected chi connectivity index (χ4v) is 1.87. The molecule has 1 aliphatic heterocycles. The number of fused-ring (bicyclic) bond motifs is 3. The van der Waals surface area contributed by atoms with Crippen molar-refractivity contribution in [3.63, 3.8) is 0 Å². The van der Waals surface area contributed by atoms with Crippen molar-refractivity contribution < 1.29 is 18.8 Å². The first-order chi connectivity index (χ1) is 7.68. The van der Waals surface area contributed by atoms with Gasteiger partial charge in [0.15, 0.2) is 5.76 Å². The van der Waals surface area contributed by atoms with E-state index in [1.165, 1.54) is 0 Å². The van der Waals surface area contributed by atoms with Crippen LogP contribution >= 0.6 is 0 Å². The Hall–Kier alpha value is -2.24. The summed E-state index contributed by atoms with van der Waals surface area (Å²) < 4.78 is 10.4. The Kier molecular flexibility index (Phi) is 1.62. The van der Waals surface area contributed by atoms with E-state index in [-0.39, 0.29) is 5.69 Å². The largest absolute Gasteiger partial charge is 0.476 e. The molecule has 3 rings (SSSR count). The molecule has 6 nitrogen and oxygen atoms in total. The van der Waals surface area contributed by atoms with Crippen LogP contribution in [0.5, 0.6) is 0 Å². The van der Waals surface area contributed by atoms with E-state index in [1.807, 2.05) is 6.92 Å². The van der Waals surface area contributed by atoms with E-state index in [1.54, 1.807) is 6.26 Å². The lowest BCUT2D eigenvalue weighted by Crippen LogP contribution is -2.09. The summed E-state index contributed by atoms with van der Waals surface area (Å²) in [6.45, 7) is 2.32. The number of carbonyl (C=O) groups is 1. The van der Waals surface area contributed by atoms with Crippen molar-refractivity contribution in [1.82, 2.24) is 5.16 Å². The molecule has 2 aromatic rings. The molecule has 16 heavy (non-hydrogen) atoms. The first kappa shape index (κ1) is 9.02. The molecule has 0 aromatic carbocycles. The van der Waals surface area contributed by atoms with Crippen molar-refractivity contribution in [1.29, 1.82) is 0 Å². The number of carboxylic acids is 1. The molecular weight excluding hydrogens is 212 g/mol. The maximum Gasteiger partial charge on any atom is 0.360 e. The monoisotopic (exact) mass is 220 g/mol. The van der Waals surface area contributed by atoms with Crippen LogP contribution in [0.25, 0.3) is 11.3 Å². The third-order valence-corrected chi connectivity index (χ3v) is 2.60. The summed E-state index contributed by atoms with van der Waals surface area (Å²) in [5.74, 6) is 0.0603. The molecule has 1 aliphatic rings. The lowest BCUT2D eigenvalue weighted by atomic mass is 10.0. The highest BCUT2D eigenvalue weighted by atomic mass is 16.5. The first-order valence-corrected chi connectivity index (χ1v) is 4.72. The van der Waals surface area contributed by atoms with Gasteiger partial charge in [-0.05, 0) is 12.5 Å². The normalized spacial score (nSPS) is 12.8. The standard InChI is InChI=1S/C10H8N2O4/c1-4-3-15-5-2-11-7-8(10(13)14)12-16-9(7)6(4)5/h3,11H,2H2,1H3,(H,13,14). The number of hydrogen-bond acceptors (Lipinski definition) is 5. The molecule has 0 aliphatic carbocycles. The minimum absolute atomic E-state index is 0.0961. The zero-order valence-corrected chi connectivity index (χ0v) is 8.40. The van der Waals surface area contributed by atoms with Gasteiger partial charge in [0.05, 0.1) is 18.4 Å². The summed E-state index contributed by atoms with van der Waals surface area (Å²) >= 11 is 0. The number of nitrogens with one attached hydrogen (secondary N) is 1. The van der Waals surface area contributed by atoms with Crippen LogP contribution < -0.4 is 5.32 Å². The maximum atomic E-state index is 10.9. The van der Waals surface area contributed by atoms with Crippen LogP contribution in [0.15, 0.2) is 15.2 Å². The minimum atomic E-state index is -1.11. The smallest absolute Gasteiger partial charge is 0.360 e. The SMILES string of the molecule is Cc1coc2c1-c1onc(C(=O)O)c1NC2. The Bertz CT molecular complexity index is 582. The van der Waals surface area contributed by atoms with Crippen LogP contribution in [-0.4, -0.2) is 16.2 Å². The average Bonchev–Trinajstić information content (AvgIpc) is 2.81. The summed E-state index contributed by atoms with van der Waals surface area (Å²) in [6.07, 6.45) is 1.62. The van der Waals surface area contributed by atoms with Crippen molar-refractivity contribution in [2.24, 2.45) is 0 Å². The number of carboxylic acid groups (broad SMARTS) is 1. The van der Waals surface area contributed by atoms with E-state index >= 15 is 0 Å². The quantitative estimate of drug-likeness (QED) is 0.762. The fourth-order valence-electron chi connectivity index (χ4n) is 1.87. The Balaban J connectivity index is 2.26. The van der Waals surface area contributed by atoms with Crippen LogP contribution in [0.2, 0.25) is 0 Å². The highest BCUT2D eigenvalue weighted by Crippen LogP contribution is 2.40. The molecule has 82 valence electrons. The van der Waals surface area contributed by atoms with Gasteiger partial charge in [0, 0.05) is 0 Å². The Morgan fingerprint density at radius 1 is 1.62 bits per heavy atom. The summed E-state index contributed by atoms with van der Waals surface area (Å²) in [7, 11) is 0. The first-order valence-electron chi connectivity index (χ1n) is 4.72. The molecule has 2 N–H and O–H groups in total. The average molecular weight is 220 g/mol. The van der Waals surface area contributed by atoms with Gasteiger partial charge in [-0.3, -0.25) is 0 Å². The van der Waals surface area contributed by atoms with Crippen molar-refractivity contribution in [2.45, 2.75) is 13.5 Å². The molecule has 0 saturated carbocycles. The van der Waals surface area contributed by atoms with Crippen molar-refractivity contribution in [2.75, 3.05) is 5.32 Å². The zero-order valence-electron chi connectivity index (χ0n) is 8.40. The molecule has 6 heteroatoms. The van der Waals surface area contributed by atoms with E-state index in [0.717, 1.165) is 16.9 Å². The number of aromatic carboxylic acids is 1. The number of furan rings is 1. The Morgan fingerprint density at radius 2 is 2.44 bits per heavy atom. The van der Waals surface area contributed by atoms with Gasteiger partial charge in [-0.25, -0.2) is 4.79 Å².